The van der Waals surface area contributed by atoms with Gasteiger partial charge in [0.1, 0.15) is 0 Å². The van der Waals surface area contributed by atoms with Crippen molar-refractivity contribution in [2.75, 3.05) is 37.6 Å². The molecule has 6 nitrogen and oxygen atoms in total. The van der Waals surface area contributed by atoms with E-state index in [-0.39, 0.29) is 12.5 Å². The first-order chi connectivity index (χ1) is 12.5. The van der Waals surface area contributed by atoms with Crippen LogP contribution in [0.3, 0.4) is 0 Å². The molecule has 1 aliphatic rings. The molecule has 2 aromatic rings. The average molecular weight is 392 g/mol. The Morgan fingerprint density at radius 3 is 2.35 bits per heavy atom. The number of carbonyl (C=O) groups is 3. The Labute approximate surface area is 160 Å². The van der Waals surface area contributed by atoms with Crippen LogP contribution in [0.25, 0.3) is 0 Å². The highest BCUT2D eigenvalue weighted by Gasteiger charge is 2.23. The lowest BCUT2D eigenvalue weighted by molar-refractivity contribution is -0.132. The number of anilines is 1. The summed E-state index contributed by atoms with van der Waals surface area (Å²) in [4.78, 5) is 40.2. The lowest BCUT2D eigenvalue weighted by atomic mass is 10.2. The molecule has 1 aliphatic heterocycles. The third-order valence-corrected chi connectivity index (χ3v) is 5.30. The van der Waals surface area contributed by atoms with Gasteiger partial charge >= 0.3 is 0 Å². The highest BCUT2D eigenvalue weighted by molar-refractivity contribution is 7.13. The number of nitrogens with zero attached hydrogens (tertiary/aromatic N) is 2. The minimum atomic E-state index is -0.749. The van der Waals surface area contributed by atoms with Crippen molar-refractivity contribution in [3.05, 3.63) is 51.7 Å². The van der Waals surface area contributed by atoms with Crippen LogP contribution in [0, 0.1) is 0 Å². The topological polar surface area (TPSA) is 69.7 Å². The standard InChI is InChI=1S/C18H18ClN3O3S/c19-13-3-5-14(6-4-13)21-7-9-22(10-8-21)16(23)12-20-18(25)17(24)15-2-1-11-26-15/h1-6,11H,7-10,12H2,(H,20,25). The molecule has 1 aromatic carbocycles. The maximum absolute atomic E-state index is 12.3. The van der Waals surface area contributed by atoms with Crippen molar-refractivity contribution in [1.82, 2.24) is 10.2 Å². The van der Waals surface area contributed by atoms with E-state index < -0.39 is 11.7 Å². The molecule has 0 atom stereocenters. The van der Waals surface area contributed by atoms with Crippen molar-refractivity contribution >= 4 is 46.2 Å². The molecule has 0 radical (unpaired) electrons. The van der Waals surface area contributed by atoms with Gasteiger partial charge in [-0.05, 0) is 35.7 Å². The predicted molar refractivity (Wildman–Crippen MR) is 102 cm³/mol. The van der Waals surface area contributed by atoms with Crippen molar-refractivity contribution in [3.63, 3.8) is 0 Å². The number of hydrogen-bond donors (Lipinski definition) is 1. The second kappa shape index (κ2) is 8.33. The predicted octanol–water partition coefficient (Wildman–Crippen LogP) is 2.05. The largest absolute Gasteiger partial charge is 0.368 e. The molecular weight excluding hydrogens is 374 g/mol. The number of nitrogens with one attached hydrogen (secondary N) is 1. The fourth-order valence-corrected chi connectivity index (χ4v) is 3.52. The van der Waals surface area contributed by atoms with E-state index in [1.54, 1.807) is 22.4 Å². The van der Waals surface area contributed by atoms with Gasteiger partial charge in [-0.1, -0.05) is 17.7 Å². The van der Waals surface area contributed by atoms with Crippen molar-refractivity contribution in [1.29, 1.82) is 0 Å². The van der Waals surface area contributed by atoms with Gasteiger partial charge in [-0.3, -0.25) is 14.4 Å². The van der Waals surface area contributed by atoms with Crippen LogP contribution in [-0.4, -0.2) is 55.2 Å². The van der Waals surface area contributed by atoms with E-state index in [1.165, 1.54) is 11.3 Å². The zero-order chi connectivity index (χ0) is 18.5. The van der Waals surface area contributed by atoms with E-state index >= 15 is 0 Å². The molecule has 1 aromatic heterocycles. The quantitative estimate of drug-likeness (QED) is 0.625. The lowest BCUT2D eigenvalue weighted by Crippen LogP contribution is -2.51. The summed E-state index contributed by atoms with van der Waals surface area (Å²) >= 11 is 7.10. The SMILES string of the molecule is O=C(NCC(=O)N1CCN(c2ccc(Cl)cc2)CC1)C(=O)c1cccs1. The number of benzene rings is 1. The zero-order valence-corrected chi connectivity index (χ0v) is 15.6. The maximum atomic E-state index is 12.3. The number of Topliss-reactive ketones (excluding diaryl/α,β-unsaturated/α-hetero) is 1. The van der Waals surface area contributed by atoms with E-state index in [9.17, 15) is 14.4 Å². The van der Waals surface area contributed by atoms with Gasteiger partial charge in [-0.2, -0.15) is 0 Å². The second-order valence-corrected chi connectivity index (χ2v) is 7.22. The Balaban J connectivity index is 1.45. The van der Waals surface area contributed by atoms with Crippen LogP contribution in [0.5, 0.6) is 0 Å². The number of rotatable bonds is 5. The van der Waals surface area contributed by atoms with Crippen molar-refractivity contribution in [3.8, 4) is 0 Å². The smallest absolute Gasteiger partial charge is 0.293 e. The Bertz CT molecular complexity index is 785. The van der Waals surface area contributed by atoms with Crippen LogP contribution >= 0.6 is 22.9 Å². The third kappa shape index (κ3) is 4.42. The molecule has 3 rings (SSSR count). The highest BCUT2D eigenvalue weighted by atomic mass is 35.5. The van der Waals surface area contributed by atoms with Gasteiger partial charge in [0, 0.05) is 36.9 Å². The molecule has 2 heterocycles. The number of thiophene rings is 1. The number of ketones is 1. The molecule has 0 aliphatic carbocycles. The Morgan fingerprint density at radius 2 is 1.73 bits per heavy atom. The van der Waals surface area contributed by atoms with Gasteiger partial charge < -0.3 is 15.1 Å². The summed E-state index contributed by atoms with van der Waals surface area (Å²) in [6.45, 7) is 2.37. The molecule has 0 unspecified atom stereocenters. The van der Waals surface area contributed by atoms with Crippen LogP contribution in [0.15, 0.2) is 41.8 Å². The van der Waals surface area contributed by atoms with Crippen LogP contribution in [0.4, 0.5) is 5.69 Å². The molecule has 0 saturated carbocycles. The average Bonchev–Trinajstić information content (AvgIpc) is 3.20. The first-order valence-corrected chi connectivity index (χ1v) is 9.44. The molecule has 0 spiro atoms. The lowest BCUT2D eigenvalue weighted by Gasteiger charge is -2.36. The molecule has 0 bridgehead atoms. The first kappa shape index (κ1) is 18.4. The van der Waals surface area contributed by atoms with E-state index in [2.05, 4.69) is 10.2 Å². The Morgan fingerprint density at radius 1 is 1.04 bits per heavy atom. The Hall–Kier alpha value is -2.38. The molecule has 2 amide bonds. The molecule has 136 valence electrons. The number of carbonyl (C=O) groups excluding carboxylic acids is 3. The molecule has 1 N–H and O–H groups in total. The monoisotopic (exact) mass is 391 g/mol. The molecule has 26 heavy (non-hydrogen) atoms. The summed E-state index contributed by atoms with van der Waals surface area (Å²) in [7, 11) is 0. The van der Waals surface area contributed by atoms with Gasteiger partial charge in [-0.25, -0.2) is 0 Å². The van der Waals surface area contributed by atoms with Crippen molar-refractivity contribution in [2.45, 2.75) is 0 Å². The summed E-state index contributed by atoms with van der Waals surface area (Å²) in [6.07, 6.45) is 0. The maximum Gasteiger partial charge on any atom is 0.293 e. The summed E-state index contributed by atoms with van der Waals surface area (Å²) in [5.41, 5.74) is 1.07. The molecule has 1 fully saturated rings. The van der Waals surface area contributed by atoms with Gasteiger partial charge in [0.15, 0.2) is 0 Å². The minimum absolute atomic E-state index is 0.170. The summed E-state index contributed by atoms with van der Waals surface area (Å²) in [6, 6.07) is 10.9. The Kier molecular flexibility index (Phi) is 5.90. The number of halogens is 1. The van der Waals surface area contributed by atoms with Crippen LogP contribution in [-0.2, 0) is 9.59 Å². The number of hydrogen-bond acceptors (Lipinski definition) is 5. The minimum Gasteiger partial charge on any atom is -0.368 e. The second-order valence-electron chi connectivity index (χ2n) is 5.83. The van der Waals surface area contributed by atoms with Gasteiger partial charge in [-0.15, -0.1) is 11.3 Å². The summed E-state index contributed by atoms with van der Waals surface area (Å²) in [5.74, 6) is -1.55. The van der Waals surface area contributed by atoms with E-state index in [4.69, 9.17) is 11.6 Å². The molecule has 8 heteroatoms. The van der Waals surface area contributed by atoms with Gasteiger partial charge in [0.2, 0.25) is 5.91 Å². The number of piperazine rings is 1. The molecular formula is C18H18ClN3O3S. The zero-order valence-electron chi connectivity index (χ0n) is 14.0. The fourth-order valence-electron chi connectivity index (χ4n) is 2.73. The van der Waals surface area contributed by atoms with Gasteiger partial charge in [0.05, 0.1) is 11.4 Å². The summed E-state index contributed by atoms with van der Waals surface area (Å²) in [5, 5.41) is 4.83. The third-order valence-electron chi connectivity index (χ3n) is 4.18. The normalized spacial score (nSPS) is 14.2. The van der Waals surface area contributed by atoms with E-state index in [0.29, 0.717) is 36.1 Å². The van der Waals surface area contributed by atoms with E-state index in [1.807, 2.05) is 24.3 Å². The van der Waals surface area contributed by atoms with Crippen LogP contribution in [0.1, 0.15) is 9.67 Å². The highest BCUT2D eigenvalue weighted by Crippen LogP contribution is 2.19. The van der Waals surface area contributed by atoms with Gasteiger partial charge in [0.25, 0.3) is 11.7 Å². The van der Waals surface area contributed by atoms with E-state index in [0.717, 1.165) is 5.69 Å². The fraction of sp³-hybridized carbons (Fsp3) is 0.278. The van der Waals surface area contributed by atoms with Crippen molar-refractivity contribution < 1.29 is 14.4 Å². The first-order valence-electron chi connectivity index (χ1n) is 8.19. The number of amides is 2. The van der Waals surface area contributed by atoms with Crippen LogP contribution < -0.4 is 10.2 Å². The van der Waals surface area contributed by atoms with Crippen molar-refractivity contribution in [2.24, 2.45) is 0 Å². The summed E-state index contributed by atoms with van der Waals surface area (Å²) < 4.78 is 0. The molecule has 1 saturated heterocycles. The van der Waals surface area contributed by atoms with Crippen LogP contribution in [0.2, 0.25) is 5.02 Å².